The van der Waals surface area contributed by atoms with Crippen molar-refractivity contribution in [1.82, 2.24) is 19.4 Å². The number of likely N-dealkylation sites (tertiary alicyclic amines) is 1. The van der Waals surface area contributed by atoms with Crippen molar-refractivity contribution in [2.75, 3.05) is 19.6 Å². The SMILES string of the molecule is CC(C)C1(C(=O)N2CCc3ncc(C(F)(F)F)cc3C2)CCN(Cc2ccc3oc(=O)n(C)c3c2)C1.Cl. The molecule has 3 aromatic rings. The van der Waals surface area contributed by atoms with E-state index in [4.69, 9.17) is 4.42 Å². The van der Waals surface area contributed by atoms with E-state index in [1.54, 1.807) is 18.0 Å². The average Bonchev–Trinajstić information content (AvgIpc) is 3.39. The number of hydrogen-bond acceptors (Lipinski definition) is 5. The fourth-order valence-corrected chi connectivity index (χ4v) is 5.54. The summed E-state index contributed by atoms with van der Waals surface area (Å²) in [6, 6.07) is 6.78. The van der Waals surface area contributed by atoms with Crippen molar-refractivity contribution in [2.45, 2.75) is 46.0 Å². The molecule has 7 nitrogen and oxygen atoms in total. The van der Waals surface area contributed by atoms with E-state index in [0.717, 1.165) is 29.9 Å². The Kier molecular flexibility index (Phi) is 7.20. The molecule has 4 heterocycles. The van der Waals surface area contributed by atoms with Crippen LogP contribution in [0.1, 0.15) is 42.7 Å². The number of oxazole rings is 1. The molecule has 37 heavy (non-hydrogen) atoms. The molecule has 1 amide bonds. The zero-order valence-corrected chi connectivity index (χ0v) is 21.8. The average molecular weight is 539 g/mol. The first kappa shape index (κ1) is 27.2. The highest BCUT2D eigenvalue weighted by molar-refractivity contribution is 5.85. The topological polar surface area (TPSA) is 71.6 Å². The van der Waals surface area contributed by atoms with Gasteiger partial charge in [-0.05, 0) is 48.2 Å². The molecule has 5 rings (SSSR count). The second kappa shape index (κ2) is 9.79. The molecule has 1 fully saturated rings. The molecule has 2 aromatic heterocycles. The Labute approximate surface area is 218 Å². The molecule has 0 bridgehead atoms. The van der Waals surface area contributed by atoms with Gasteiger partial charge in [-0.3, -0.25) is 19.2 Å². The Bertz CT molecular complexity index is 1380. The van der Waals surface area contributed by atoms with Gasteiger partial charge in [-0.15, -0.1) is 12.4 Å². The largest absolute Gasteiger partial charge is 0.419 e. The Morgan fingerprint density at radius 3 is 2.68 bits per heavy atom. The van der Waals surface area contributed by atoms with Gasteiger partial charge in [-0.1, -0.05) is 19.9 Å². The minimum absolute atomic E-state index is 0. The second-order valence-corrected chi connectivity index (χ2v) is 10.3. The first-order chi connectivity index (χ1) is 17.0. The lowest BCUT2D eigenvalue weighted by molar-refractivity contribution is -0.145. The van der Waals surface area contributed by atoms with Crippen LogP contribution in [-0.2, 0) is 37.5 Å². The van der Waals surface area contributed by atoms with Crippen molar-refractivity contribution in [3.05, 3.63) is 63.4 Å². The summed E-state index contributed by atoms with van der Waals surface area (Å²) in [7, 11) is 1.67. The van der Waals surface area contributed by atoms with Gasteiger partial charge in [0.1, 0.15) is 0 Å². The maximum atomic E-state index is 13.9. The molecule has 1 unspecified atom stereocenters. The summed E-state index contributed by atoms with van der Waals surface area (Å²) < 4.78 is 46.3. The zero-order chi connectivity index (χ0) is 25.8. The number of aryl methyl sites for hydroxylation is 1. The van der Waals surface area contributed by atoms with Gasteiger partial charge in [0.15, 0.2) is 5.58 Å². The standard InChI is InChI=1S/C26H29F3N4O3.ClH/c1-16(2)25(23(34)33-8-6-20-18(14-33)11-19(12-30-20)26(27,28)29)7-9-32(15-25)13-17-4-5-22-21(10-17)31(3)24(35)36-22;/h4-5,10-12,16H,6-9,13-15H2,1-3H3;1H. The van der Waals surface area contributed by atoms with Crippen molar-refractivity contribution in [3.8, 4) is 0 Å². The van der Waals surface area contributed by atoms with Crippen LogP contribution in [0, 0.1) is 11.3 Å². The van der Waals surface area contributed by atoms with Crippen LogP contribution in [-0.4, -0.2) is 44.9 Å². The van der Waals surface area contributed by atoms with Crippen molar-refractivity contribution in [2.24, 2.45) is 18.4 Å². The summed E-state index contributed by atoms with van der Waals surface area (Å²) >= 11 is 0. The van der Waals surface area contributed by atoms with Crippen LogP contribution in [0.2, 0.25) is 0 Å². The zero-order valence-electron chi connectivity index (χ0n) is 21.0. The number of alkyl halides is 3. The van der Waals surface area contributed by atoms with Gasteiger partial charge in [0.2, 0.25) is 5.91 Å². The molecular formula is C26H30ClF3N4O3. The summed E-state index contributed by atoms with van der Waals surface area (Å²) in [5.74, 6) is -0.350. The Balaban J connectivity index is 0.00000320. The fraction of sp³-hybridized carbons (Fsp3) is 0.500. The third kappa shape index (κ3) is 4.88. The summed E-state index contributed by atoms with van der Waals surface area (Å²) in [6.07, 6.45) is -2.47. The summed E-state index contributed by atoms with van der Waals surface area (Å²) in [6.45, 7) is 6.59. The van der Waals surface area contributed by atoms with Gasteiger partial charge in [-0.25, -0.2) is 4.79 Å². The van der Waals surface area contributed by atoms with Gasteiger partial charge in [0.25, 0.3) is 0 Å². The van der Waals surface area contributed by atoms with E-state index in [-0.39, 0.29) is 30.8 Å². The van der Waals surface area contributed by atoms with Crippen LogP contribution in [0.5, 0.6) is 0 Å². The lowest BCUT2D eigenvalue weighted by atomic mass is 9.74. The summed E-state index contributed by atoms with van der Waals surface area (Å²) in [5.41, 5.74) is 1.98. The van der Waals surface area contributed by atoms with Crippen LogP contribution in [0.3, 0.4) is 0 Å². The number of benzene rings is 1. The Morgan fingerprint density at radius 1 is 1.22 bits per heavy atom. The van der Waals surface area contributed by atoms with E-state index in [0.29, 0.717) is 49.3 Å². The molecular weight excluding hydrogens is 509 g/mol. The number of rotatable bonds is 4. The molecule has 2 aliphatic rings. The molecule has 1 saturated heterocycles. The molecule has 0 spiro atoms. The van der Waals surface area contributed by atoms with E-state index < -0.39 is 22.9 Å². The highest BCUT2D eigenvalue weighted by atomic mass is 35.5. The molecule has 0 saturated carbocycles. The number of nitrogens with zero attached hydrogens (tertiary/aromatic N) is 4. The Morgan fingerprint density at radius 2 is 1.97 bits per heavy atom. The molecule has 1 atom stereocenters. The van der Waals surface area contributed by atoms with E-state index in [2.05, 4.69) is 9.88 Å². The maximum absolute atomic E-state index is 13.9. The van der Waals surface area contributed by atoms with E-state index in [1.807, 2.05) is 26.0 Å². The molecule has 0 radical (unpaired) electrons. The van der Waals surface area contributed by atoms with Gasteiger partial charge in [0.05, 0.1) is 16.5 Å². The minimum atomic E-state index is -4.47. The quantitative estimate of drug-likeness (QED) is 0.492. The van der Waals surface area contributed by atoms with Gasteiger partial charge >= 0.3 is 11.9 Å². The third-order valence-electron chi connectivity index (χ3n) is 7.83. The number of amides is 1. The monoisotopic (exact) mass is 538 g/mol. The van der Waals surface area contributed by atoms with E-state index >= 15 is 0 Å². The first-order valence-corrected chi connectivity index (χ1v) is 12.1. The lowest BCUT2D eigenvalue weighted by Crippen LogP contribution is -2.50. The second-order valence-electron chi connectivity index (χ2n) is 10.3. The first-order valence-electron chi connectivity index (χ1n) is 12.1. The third-order valence-corrected chi connectivity index (χ3v) is 7.83. The predicted molar refractivity (Wildman–Crippen MR) is 134 cm³/mol. The van der Waals surface area contributed by atoms with Crippen LogP contribution in [0.4, 0.5) is 13.2 Å². The van der Waals surface area contributed by atoms with Crippen LogP contribution in [0.15, 0.2) is 39.7 Å². The Hall–Kier alpha value is -2.85. The van der Waals surface area contributed by atoms with Gasteiger partial charge in [-0.2, -0.15) is 13.2 Å². The number of hydrogen-bond donors (Lipinski definition) is 0. The molecule has 0 N–H and O–H groups in total. The smallest absolute Gasteiger partial charge is 0.408 e. The number of carbonyl (C=O) groups excluding carboxylic acids is 1. The van der Waals surface area contributed by atoms with Crippen molar-refractivity contribution in [3.63, 3.8) is 0 Å². The van der Waals surface area contributed by atoms with Crippen LogP contribution < -0.4 is 5.76 Å². The highest BCUT2D eigenvalue weighted by Crippen LogP contribution is 2.41. The lowest BCUT2D eigenvalue weighted by Gasteiger charge is -2.39. The van der Waals surface area contributed by atoms with Crippen molar-refractivity contribution in [1.29, 1.82) is 0 Å². The molecule has 11 heteroatoms. The summed E-state index contributed by atoms with van der Waals surface area (Å²) in [5, 5.41) is 0. The van der Waals surface area contributed by atoms with Gasteiger partial charge in [0, 0.05) is 51.5 Å². The number of carbonyl (C=O) groups is 1. The van der Waals surface area contributed by atoms with E-state index in [9.17, 15) is 22.8 Å². The predicted octanol–water partition coefficient (Wildman–Crippen LogP) is 4.40. The highest BCUT2D eigenvalue weighted by Gasteiger charge is 2.49. The number of pyridine rings is 1. The molecule has 200 valence electrons. The normalized spacial score (nSPS) is 20.4. The van der Waals surface area contributed by atoms with Gasteiger partial charge < -0.3 is 9.32 Å². The summed E-state index contributed by atoms with van der Waals surface area (Å²) in [4.78, 5) is 33.7. The fourth-order valence-electron chi connectivity index (χ4n) is 5.54. The van der Waals surface area contributed by atoms with Crippen LogP contribution in [0.25, 0.3) is 11.1 Å². The number of aromatic nitrogens is 2. The van der Waals surface area contributed by atoms with Crippen molar-refractivity contribution >= 4 is 29.4 Å². The van der Waals surface area contributed by atoms with Crippen molar-refractivity contribution < 1.29 is 22.4 Å². The maximum Gasteiger partial charge on any atom is 0.419 e. The minimum Gasteiger partial charge on any atom is -0.408 e. The van der Waals surface area contributed by atoms with E-state index in [1.165, 1.54) is 4.57 Å². The van der Waals surface area contributed by atoms with Crippen LogP contribution >= 0.6 is 12.4 Å². The molecule has 1 aromatic carbocycles. The molecule has 2 aliphatic heterocycles. The number of halogens is 4. The number of fused-ring (bicyclic) bond motifs is 2. The molecule has 0 aliphatic carbocycles.